The molecule has 1 fully saturated rings. The maximum Gasteiger partial charge on any atom is 0.252 e. The first kappa shape index (κ1) is 13.3. The molecule has 1 aliphatic heterocycles. The van der Waals surface area contributed by atoms with Gasteiger partial charge in [-0.3, -0.25) is 0 Å². The molecule has 1 aliphatic rings. The summed E-state index contributed by atoms with van der Waals surface area (Å²) in [4.78, 5) is 0.898. The van der Waals surface area contributed by atoms with Crippen LogP contribution in [0.4, 0.5) is 0 Å². The summed E-state index contributed by atoms with van der Waals surface area (Å²) in [5, 5.41) is 0. The van der Waals surface area contributed by atoms with Crippen molar-refractivity contribution in [3.05, 3.63) is 17.0 Å². The van der Waals surface area contributed by atoms with Crippen LogP contribution in [0.3, 0.4) is 0 Å². The highest BCUT2D eigenvalue weighted by Gasteiger charge is 2.29. The van der Waals surface area contributed by atoms with Crippen molar-refractivity contribution in [2.45, 2.75) is 29.9 Å². The van der Waals surface area contributed by atoms with Crippen LogP contribution in [0.2, 0.25) is 0 Å². The van der Waals surface area contributed by atoms with E-state index in [0.717, 1.165) is 17.7 Å². The summed E-state index contributed by atoms with van der Waals surface area (Å²) in [6.07, 6.45) is 2.07. The fraction of sp³-hybridized carbons (Fsp3) is 0.636. The highest BCUT2D eigenvalue weighted by atomic mass is 35.5. The molecule has 0 aliphatic carbocycles. The first-order valence-electron chi connectivity index (χ1n) is 5.69. The molecule has 6 heteroatoms. The van der Waals surface area contributed by atoms with Crippen molar-refractivity contribution in [3.8, 4) is 0 Å². The molecular weight excluding hydrogens is 278 g/mol. The largest absolute Gasteiger partial charge is 0.252 e. The van der Waals surface area contributed by atoms with Crippen LogP contribution in [0.25, 0.3) is 0 Å². The first-order valence-corrected chi connectivity index (χ1v) is 8.48. The summed E-state index contributed by atoms with van der Waals surface area (Å²) in [7, 11) is -3.29. The number of rotatable bonds is 3. The second-order valence-electron chi connectivity index (χ2n) is 4.46. The molecule has 0 N–H and O–H groups in total. The molecule has 2 rings (SSSR count). The molecule has 1 saturated heterocycles. The van der Waals surface area contributed by atoms with Crippen molar-refractivity contribution in [2.24, 2.45) is 5.92 Å². The molecule has 2 heterocycles. The number of alkyl halides is 1. The Kier molecular flexibility index (Phi) is 4.13. The van der Waals surface area contributed by atoms with Gasteiger partial charge in [0, 0.05) is 18.0 Å². The van der Waals surface area contributed by atoms with Crippen LogP contribution in [-0.4, -0.2) is 25.8 Å². The van der Waals surface area contributed by atoms with Gasteiger partial charge in [0.15, 0.2) is 0 Å². The molecule has 1 aromatic heterocycles. The number of halogens is 1. The van der Waals surface area contributed by atoms with Crippen molar-refractivity contribution in [3.63, 3.8) is 0 Å². The number of hydrogen-bond acceptors (Lipinski definition) is 3. The highest BCUT2D eigenvalue weighted by molar-refractivity contribution is 7.91. The average Bonchev–Trinajstić information content (AvgIpc) is 2.78. The van der Waals surface area contributed by atoms with Gasteiger partial charge in [-0.1, -0.05) is 6.92 Å². The van der Waals surface area contributed by atoms with Crippen LogP contribution >= 0.6 is 22.9 Å². The van der Waals surface area contributed by atoms with Crippen LogP contribution in [0.15, 0.2) is 16.3 Å². The molecule has 0 aromatic carbocycles. The lowest BCUT2D eigenvalue weighted by Gasteiger charge is -2.29. The number of piperidine rings is 1. The van der Waals surface area contributed by atoms with E-state index >= 15 is 0 Å². The molecule has 0 bridgehead atoms. The molecular formula is C11H16ClNO2S2. The second-order valence-corrected chi connectivity index (χ2v) is 8.07. The van der Waals surface area contributed by atoms with Crippen LogP contribution in [0.5, 0.6) is 0 Å². The number of thiophene rings is 1. The van der Waals surface area contributed by atoms with Crippen molar-refractivity contribution in [1.29, 1.82) is 0 Å². The van der Waals surface area contributed by atoms with Gasteiger partial charge in [0.05, 0.1) is 5.88 Å². The van der Waals surface area contributed by atoms with Crippen molar-refractivity contribution >= 4 is 33.0 Å². The fourth-order valence-corrected chi connectivity index (χ4v) is 5.27. The molecule has 3 nitrogen and oxygen atoms in total. The Hall–Kier alpha value is -0.100. The SMILES string of the molecule is CC1CCCN(S(=O)(=O)c2ccc(CCl)s2)C1. The number of nitrogens with zero attached hydrogens (tertiary/aromatic N) is 1. The maximum atomic E-state index is 12.4. The smallest absolute Gasteiger partial charge is 0.206 e. The minimum absolute atomic E-state index is 0.372. The molecule has 1 atom stereocenters. The van der Waals surface area contributed by atoms with Gasteiger partial charge in [-0.15, -0.1) is 22.9 Å². The normalized spacial score (nSPS) is 22.8. The summed E-state index contributed by atoms with van der Waals surface area (Å²) in [6, 6.07) is 3.45. The van der Waals surface area contributed by atoms with Gasteiger partial charge in [0.2, 0.25) is 0 Å². The Morgan fingerprint density at radius 1 is 1.53 bits per heavy atom. The van der Waals surface area contributed by atoms with Crippen LogP contribution < -0.4 is 0 Å². The van der Waals surface area contributed by atoms with E-state index in [2.05, 4.69) is 6.92 Å². The van der Waals surface area contributed by atoms with Crippen LogP contribution in [0.1, 0.15) is 24.6 Å². The Morgan fingerprint density at radius 2 is 2.29 bits per heavy atom. The zero-order valence-electron chi connectivity index (χ0n) is 9.73. The predicted molar refractivity (Wildman–Crippen MR) is 71.0 cm³/mol. The lowest BCUT2D eigenvalue weighted by molar-refractivity contribution is 0.281. The maximum absolute atomic E-state index is 12.4. The van der Waals surface area contributed by atoms with Crippen LogP contribution in [0, 0.1) is 5.92 Å². The molecule has 0 amide bonds. The summed E-state index contributed by atoms with van der Waals surface area (Å²) < 4.78 is 26.7. The van der Waals surface area contributed by atoms with E-state index in [-0.39, 0.29) is 0 Å². The summed E-state index contributed by atoms with van der Waals surface area (Å²) in [5.74, 6) is 0.822. The number of sulfonamides is 1. The standard InChI is InChI=1S/C11H16ClNO2S2/c1-9-3-2-6-13(8-9)17(14,15)11-5-4-10(7-12)16-11/h4-5,9H,2-3,6-8H2,1H3. The van der Waals surface area contributed by atoms with Gasteiger partial charge in [0.1, 0.15) is 4.21 Å². The van der Waals surface area contributed by atoms with Gasteiger partial charge in [-0.2, -0.15) is 4.31 Å². The van der Waals surface area contributed by atoms with E-state index in [1.165, 1.54) is 11.3 Å². The molecule has 96 valence electrons. The van der Waals surface area contributed by atoms with E-state index in [9.17, 15) is 8.42 Å². The van der Waals surface area contributed by atoms with Crippen molar-refractivity contribution < 1.29 is 8.42 Å². The predicted octanol–water partition coefficient (Wildman–Crippen LogP) is 2.91. The summed E-state index contributed by atoms with van der Waals surface area (Å²) >= 11 is 6.97. The molecule has 1 aromatic rings. The zero-order chi connectivity index (χ0) is 12.5. The lowest BCUT2D eigenvalue weighted by Crippen LogP contribution is -2.38. The van der Waals surface area contributed by atoms with Gasteiger partial charge in [0.25, 0.3) is 10.0 Å². The molecule has 0 saturated carbocycles. The summed E-state index contributed by atoms with van der Waals surface area (Å²) in [5.41, 5.74) is 0. The third-order valence-electron chi connectivity index (χ3n) is 2.98. The fourth-order valence-electron chi connectivity index (χ4n) is 2.06. The van der Waals surface area contributed by atoms with E-state index in [0.29, 0.717) is 29.1 Å². The van der Waals surface area contributed by atoms with Gasteiger partial charge in [-0.05, 0) is 30.9 Å². The summed E-state index contributed by atoms with van der Waals surface area (Å²) in [6.45, 7) is 3.37. The van der Waals surface area contributed by atoms with Crippen LogP contribution in [-0.2, 0) is 15.9 Å². The lowest BCUT2D eigenvalue weighted by atomic mass is 10.0. The van der Waals surface area contributed by atoms with E-state index < -0.39 is 10.0 Å². The molecule has 17 heavy (non-hydrogen) atoms. The van der Waals surface area contributed by atoms with Gasteiger partial charge < -0.3 is 0 Å². The third kappa shape index (κ3) is 2.84. The Labute approximate surface area is 111 Å². The van der Waals surface area contributed by atoms with E-state index in [1.54, 1.807) is 16.4 Å². The molecule has 1 unspecified atom stereocenters. The van der Waals surface area contributed by atoms with Crippen molar-refractivity contribution in [1.82, 2.24) is 4.31 Å². The third-order valence-corrected chi connectivity index (χ3v) is 6.85. The quantitative estimate of drug-likeness (QED) is 0.804. The minimum Gasteiger partial charge on any atom is -0.206 e. The zero-order valence-corrected chi connectivity index (χ0v) is 12.1. The van der Waals surface area contributed by atoms with Gasteiger partial charge in [-0.25, -0.2) is 8.42 Å². The minimum atomic E-state index is -3.29. The topological polar surface area (TPSA) is 37.4 Å². The second kappa shape index (κ2) is 5.26. The van der Waals surface area contributed by atoms with E-state index in [4.69, 9.17) is 11.6 Å². The molecule has 0 radical (unpaired) electrons. The Bertz CT molecular complexity index is 483. The first-order chi connectivity index (χ1) is 8.04. The Balaban J connectivity index is 2.23. The average molecular weight is 294 g/mol. The van der Waals surface area contributed by atoms with E-state index in [1.807, 2.05) is 0 Å². The van der Waals surface area contributed by atoms with Gasteiger partial charge >= 0.3 is 0 Å². The molecule has 0 spiro atoms. The highest BCUT2D eigenvalue weighted by Crippen LogP contribution is 2.28. The number of hydrogen-bond donors (Lipinski definition) is 0. The monoisotopic (exact) mass is 293 g/mol. The Morgan fingerprint density at radius 3 is 2.88 bits per heavy atom. The van der Waals surface area contributed by atoms with Crippen molar-refractivity contribution in [2.75, 3.05) is 13.1 Å².